The molecule has 3 nitrogen and oxygen atoms in total. The van der Waals surface area contributed by atoms with Crippen molar-refractivity contribution in [2.75, 3.05) is 5.32 Å². The average Bonchev–Trinajstić information content (AvgIpc) is 2.93. The van der Waals surface area contributed by atoms with Crippen LogP contribution < -0.4 is 5.32 Å². The molecule has 0 aromatic carbocycles. The summed E-state index contributed by atoms with van der Waals surface area (Å²) in [5.74, 6) is 0.889. The average molecular weight is 193 g/mol. The van der Waals surface area contributed by atoms with Crippen molar-refractivity contribution in [2.45, 2.75) is 39.2 Å². The second-order valence-electron chi connectivity index (χ2n) is 4.25. The lowest BCUT2D eigenvalue weighted by Crippen LogP contribution is -2.18. The number of anilines is 1. The molecule has 0 radical (unpaired) electrons. The lowest BCUT2D eigenvalue weighted by atomic mass is 10.2. The molecule has 14 heavy (non-hydrogen) atoms. The van der Waals surface area contributed by atoms with Crippen molar-refractivity contribution < 1.29 is 0 Å². The van der Waals surface area contributed by atoms with Crippen molar-refractivity contribution in [3.8, 4) is 0 Å². The largest absolute Gasteiger partial charge is 0.380 e. The molecule has 1 N–H and O–H groups in total. The fourth-order valence-electron chi connectivity index (χ4n) is 1.96. The Morgan fingerprint density at radius 2 is 2.36 bits per heavy atom. The monoisotopic (exact) mass is 193 g/mol. The van der Waals surface area contributed by atoms with E-state index in [1.807, 2.05) is 17.9 Å². The molecule has 1 aliphatic rings. The first-order valence-electron chi connectivity index (χ1n) is 5.49. The summed E-state index contributed by atoms with van der Waals surface area (Å²) >= 11 is 0. The van der Waals surface area contributed by atoms with Crippen LogP contribution >= 0.6 is 0 Å². The van der Waals surface area contributed by atoms with Gasteiger partial charge >= 0.3 is 0 Å². The molecule has 1 heterocycles. The first-order chi connectivity index (χ1) is 6.72. The van der Waals surface area contributed by atoms with Gasteiger partial charge in [-0.05, 0) is 32.1 Å². The minimum absolute atomic E-state index is 0.601. The number of nitrogens with one attached hydrogen (secondary N) is 1. The molecule has 0 amide bonds. The van der Waals surface area contributed by atoms with Crippen LogP contribution in [0.2, 0.25) is 0 Å². The van der Waals surface area contributed by atoms with Gasteiger partial charge in [0.2, 0.25) is 0 Å². The van der Waals surface area contributed by atoms with Crippen LogP contribution in [0, 0.1) is 5.92 Å². The van der Waals surface area contributed by atoms with Gasteiger partial charge in [0.25, 0.3) is 0 Å². The summed E-state index contributed by atoms with van der Waals surface area (Å²) in [5.41, 5.74) is 2.52. The fourth-order valence-corrected chi connectivity index (χ4v) is 1.96. The molecule has 1 saturated carbocycles. The van der Waals surface area contributed by atoms with Crippen LogP contribution in [0.1, 0.15) is 32.4 Å². The van der Waals surface area contributed by atoms with E-state index in [9.17, 15) is 0 Å². The summed E-state index contributed by atoms with van der Waals surface area (Å²) in [6.45, 7) is 4.44. The predicted molar refractivity (Wildman–Crippen MR) is 58.4 cm³/mol. The Balaban J connectivity index is 2.07. The van der Waals surface area contributed by atoms with Gasteiger partial charge < -0.3 is 5.32 Å². The minimum atomic E-state index is 0.601. The minimum Gasteiger partial charge on any atom is -0.380 e. The second kappa shape index (κ2) is 3.64. The number of hydrogen-bond donors (Lipinski definition) is 1. The van der Waals surface area contributed by atoms with E-state index in [-0.39, 0.29) is 0 Å². The summed E-state index contributed by atoms with van der Waals surface area (Å²) in [6, 6.07) is 0.601. The zero-order valence-electron chi connectivity index (χ0n) is 9.25. The van der Waals surface area contributed by atoms with Gasteiger partial charge in [0.1, 0.15) is 0 Å². The van der Waals surface area contributed by atoms with E-state index < -0.39 is 0 Å². The quantitative estimate of drug-likeness (QED) is 0.794. The SMILES string of the molecule is CCc1c(NC(C)C2CC2)cnn1C. The van der Waals surface area contributed by atoms with E-state index in [1.165, 1.54) is 24.2 Å². The lowest BCUT2D eigenvalue weighted by molar-refractivity contribution is 0.688. The van der Waals surface area contributed by atoms with E-state index >= 15 is 0 Å². The standard InChI is InChI=1S/C11H19N3/c1-4-11-10(7-12-14(11)3)13-8(2)9-5-6-9/h7-9,13H,4-6H2,1-3H3. The maximum absolute atomic E-state index is 4.27. The Morgan fingerprint density at radius 1 is 1.64 bits per heavy atom. The Bertz CT molecular complexity index is 312. The van der Waals surface area contributed by atoms with Gasteiger partial charge in [-0.3, -0.25) is 4.68 Å². The number of aromatic nitrogens is 2. The Kier molecular flexibility index (Phi) is 2.48. The van der Waals surface area contributed by atoms with Crippen LogP contribution in [0.25, 0.3) is 0 Å². The maximum Gasteiger partial charge on any atom is 0.0761 e. The third-order valence-corrected chi connectivity index (χ3v) is 3.11. The zero-order valence-corrected chi connectivity index (χ0v) is 9.25. The number of rotatable bonds is 4. The molecular formula is C11H19N3. The van der Waals surface area contributed by atoms with Gasteiger partial charge in [0.05, 0.1) is 17.6 Å². The highest BCUT2D eigenvalue weighted by molar-refractivity contribution is 5.47. The smallest absolute Gasteiger partial charge is 0.0761 e. The van der Waals surface area contributed by atoms with Crippen LogP contribution in [-0.4, -0.2) is 15.8 Å². The van der Waals surface area contributed by atoms with Crippen LogP contribution in [0.15, 0.2) is 6.20 Å². The van der Waals surface area contributed by atoms with Crippen LogP contribution in [-0.2, 0) is 13.5 Å². The first-order valence-corrected chi connectivity index (χ1v) is 5.49. The highest BCUT2D eigenvalue weighted by Crippen LogP contribution is 2.34. The summed E-state index contributed by atoms with van der Waals surface area (Å²) in [6.07, 6.45) is 5.75. The number of aryl methyl sites for hydroxylation is 1. The highest BCUT2D eigenvalue weighted by atomic mass is 15.3. The van der Waals surface area contributed by atoms with Gasteiger partial charge in [-0.25, -0.2) is 0 Å². The van der Waals surface area contributed by atoms with Crippen molar-refractivity contribution in [2.24, 2.45) is 13.0 Å². The highest BCUT2D eigenvalue weighted by Gasteiger charge is 2.28. The Hall–Kier alpha value is -0.990. The molecule has 78 valence electrons. The Morgan fingerprint density at radius 3 is 2.93 bits per heavy atom. The molecule has 1 atom stereocenters. The zero-order chi connectivity index (χ0) is 10.1. The summed E-state index contributed by atoms with van der Waals surface area (Å²) < 4.78 is 1.96. The van der Waals surface area contributed by atoms with E-state index in [4.69, 9.17) is 0 Å². The van der Waals surface area contributed by atoms with Crippen molar-refractivity contribution in [1.29, 1.82) is 0 Å². The molecular weight excluding hydrogens is 174 g/mol. The molecule has 0 aliphatic heterocycles. The summed E-state index contributed by atoms with van der Waals surface area (Å²) in [4.78, 5) is 0. The molecule has 0 saturated heterocycles. The van der Waals surface area contributed by atoms with E-state index in [1.54, 1.807) is 0 Å². The lowest BCUT2D eigenvalue weighted by Gasteiger charge is -2.14. The third kappa shape index (κ3) is 1.76. The molecule has 0 spiro atoms. The summed E-state index contributed by atoms with van der Waals surface area (Å²) in [5, 5.41) is 7.84. The number of nitrogens with zero attached hydrogens (tertiary/aromatic N) is 2. The van der Waals surface area contributed by atoms with Crippen molar-refractivity contribution in [1.82, 2.24) is 9.78 Å². The topological polar surface area (TPSA) is 29.9 Å². The second-order valence-corrected chi connectivity index (χ2v) is 4.25. The normalized spacial score (nSPS) is 18.2. The van der Waals surface area contributed by atoms with Crippen LogP contribution in [0.4, 0.5) is 5.69 Å². The van der Waals surface area contributed by atoms with E-state index in [2.05, 4.69) is 24.3 Å². The number of hydrogen-bond acceptors (Lipinski definition) is 2. The molecule has 3 heteroatoms. The molecule has 1 aromatic rings. The molecule has 1 unspecified atom stereocenters. The third-order valence-electron chi connectivity index (χ3n) is 3.11. The molecule has 1 aromatic heterocycles. The van der Waals surface area contributed by atoms with E-state index in [0.717, 1.165) is 12.3 Å². The molecule has 1 fully saturated rings. The molecule has 2 rings (SSSR count). The maximum atomic E-state index is 4.27. The van der Waals surface area contributed by atoms with Crippen molar-refractivity contribution in [3.05, 3.63) is 11.9 Å². The van der Waals surface area contributed by atoms with Gasteiger partial charge in [-0.1, -0.05) is 6.92 Å². The van der Waals surface area contributed by atoms with Crippen molar-refractivity contribution >= 4 is 5.69 Å². The van der Waals surface area contributed by atoms with Gasteiger partial charge in [0.15, 0.2) is 0 Å². The fraction of sp³-hybridized carbons (Fsp3) is 0.727. The van der Waals surface area contributed by atoms with Crippen LogP contribution in [0.3, 0.4) is 0 Å². The predicted octanol–water partition coefficient (Wildman–Crippen LogP) is 2.19. The molecule has 0 bridgehead atoms. The molecule has 1 aliphatic carbocycles. The van der Waals surface area contributed by atoms with Gasteiger partial charge in [0, 0.05) is 13.1 Å². The first kappa shape index (κ1) is 9.56. The van der Waals surface area contributed by atoms with Gasteiger partial charge in [-0.15, -0.1) is 0 Å². The van der Waals surface area contributed by atoms with Crippen molar-refractivity contribution in [3.63, 3.8) is 0 Å². The van der Waals surface area contributed by atoms with Gasteiger partial charge in [-0.2, -0.15) is 5.10 Å². The van der Waals surface area contributed by atoms with E-state index in [0.29, 0.717) is 6.04 Å². The summed E-state index contributed by atoms with van der Waals surface area (Å²) in [7, 11) is 2.01. The Labute approximate surface area is 85.5 Å². The van der Waals surface area contributed by atoms with Crippen LogP contribution in [0.5, 0.6) is 0 Å².